The summed E-state index contributed by atoms with van der Waals surface area (Å²) in [5.74, 6) is 0.895. The summed E-state index contributed by atoms with van der Waals surface area (Å²) in [5, 5.41) is 9.90. The second-order valence-corrected chi connectivity index (χ2v) is 5.39. The van der Waals surface area contributed by atoms with Crippen LogP contribution in [0.5, 0.6) is 0 Å². The van der Waals surface area contributed by atoms with Gasteiger partial charge in [0.25, 0.3) is 5.56 Å². The summed E-state index contributed by atoms with van der Waals surface area (Å²) < 4.78 is 0. The predicted molar refractivity (Wildman–Crippen MR) is 83.0 cm³/mol. The van der Waals surface area contributed by atoms with Gasteiger partial charge in [-0.3, -0.25) is 4.79 Å². The quantitative estimate of drug-likeness (QED) is 0.906. The van der Waals surface area contributed by atoms with Crippen molar-refractivity contribution in [3.63, 3.8) is 0 Å². The van der Waals surface area contributed by atoms with Gasteiger partial charge in [0.15, 0.2) is 5.15 Å². The Bertz CT molecular complexity index is 652. The van der Waals surface area contributed by atoms with Crippen LogP contribution in [-0.4, -0.2) is 34.3 Å². The average Bonchev–Trinajstić information content (AvgIpc) is 2.52. The smallest absolute Gasteiger partial charge is 0.266 e. The lowest BCUT2D eigenvalue weighted by molar-refractivity contribution is 0.524. The van der Waals surface area contributed by atoms with Gasteiger partial charge in [0.1, 0.15) is 5.82 Å². The first kappa shape index (κ1) is 13.9. The van der Waals surface area contributed by atoms with Crippen LogP contribution < -0.4 is 15.8 Å². The van der Waals surface area contributed by atoms with Crippen molar-refractivity contribution in [2.24, 2.45) is 0 Å². The third kappa shape index (κ3) is 3.33. The summed E-state index contributed by atoms with van der Waals surface area (Å²) in [6.07, 6.45) is 3.69. The Hall–Kier alpha value is -2.08. The molecule has 21 heavy (non-hydrogen) atoms. The molecule has 110 valence electrons. The number of rotatable bonds is 3. The Labute approximate surface area is 127 Å². The first-order chi connectivity index (χ1) is 10.2. The third-order valence-corrected chi connectivity index (χ3v) is 3.87. The van der Waals surface area contributed by atoms with E-state index in [1.165, 1.54) is 6.07 Å². The van der Waals surface area contributed by atoms with Crippen molar-refractivity contribution in [1.82, 2.24) is 15.2 Å². The van der Waals surface area contributed by atoms with E-state index in [0.29, 0.717) is 16.9 Å². The Kier molecular flexibility index (Phi) is 4.06. The van der Waals surface area contributed by atoms with E-state index in [1.807, 2.05) is 18.2 Å². The van der Waals surface area contributed by atoms with Crippen molar-refractivity contribution >= 4 is 23.1 Å². The second-order valence-electron chi connectivity index (χ2n) is 5.03. The molecule has 1 aliphatic heterocycles. The molecule has 0 saturated carbocycles. The van der Waals surface area contributed by atoms with Crippen molar-refractivity contribution in [3.8, 4) is 0 Å². The van der Waals surface area contributed by atoms with Crippen LogP contribution in [0.2, 0.25) is 5.15 Å². The Morgan fingerprint density at radius 2 is 2.14 bits per heavy atom. The minimum absolute atomic E-state index is 0.233. The summed E-state index contributed by atoms with van der Waals surface area (Å²) in [6.45, 7) is 1.66. The monoisotopic (exact) mass is 305 g/mol. The van der Waals surface area contributed by atoms with Crippen LogP contribution in [0.15, 0.2) is 35.3 Å². The zero-order valence-corrected chi connectivity index (χ0v) is 12.2. The summed E-state index contributed by atoms with van der Waals surface area (Å²) in [5.41, 5.74) is 0.472. The van der Waals surface area contributed by atoms with E-state index in [0.717, 1.165) is 31.7 Å². The third-order valence-electron chi connectivity index (χ3n) is 3.60. The summed E-state index contributed by atoms with van der Waals surface area (Å²) in [4.78, 5) is 17.7. The van der Waals surface area contributed by atoms with Gasteiger partial charge in [-0.05, 0) is 25.0 Å². The minimum Gasteiger partial charge on any atom is -0.369 e. The van der Waals surface area contributed by atoms with E-state index in [4.69, 9.17) is 11.6 Å². The molecular formula is C14H16ClN5O. The predicted octanol–water partition coefficient (Wildman–Crippen LogP) is 1.90. The van der Waals surface area contributed by atoms with Crippen LogP contribution in [-0.2, 0) is 0 Å². The van der Waals surface area contributed by atoms with E-state index in [1.54, 1.807) is 6.20 Å². The highest BCUT2D eigenvalue weighted by molar-refractivity contribution is 6.31. The van der Waals surface area contributed by atoms with Crippen LogP contribution in [0.4, 0.5) is 11.5 Å². The van der Waals surface area contributed by atoms with Crippen molar-refractivity contribution in [1.29, 1.82) is 0 Å². The molecule has 0 atom stereocenters. The lowest BCUT2D eigenvalue weighted by Crippen LogP contribution is -2.39. The number of hydrogen-bond acceptors (Lipinski definition) is 5. The number of piperidine rings is 1. The number of hydrogen-bond donors (Lipinski definition) is 2. The van der Waals surface area contributed by atoms with E-state index < -0.39 is 0 Å². The van der Waals surface area contributed by atoms with Gasteiger partial charge in [-0.1, -0.05) is 17.7 Å². The molecule has 0 unspecified atom stereocenters. The Morgan fingerprint density at radius 1 is 1.33 bits per heavy atom. The standard InChI is InChI=1S/C14H16ClN5O/c15-14-11(9-13(21)18-19-14)20-7-4-10(5-8-20)17-12-3-1-2-6-16-12/h1-3,6,9-10H,4-5,7-8H2,(H,16,17)(H,18,21). The number of aromatic amines is 1. The molecule has 1 aliphatic rings. The second kappa shape index (κ2) is 6.13. The SMILES string of the molecule is O=c1cc(N2CCC(Nc3ccccn3)CC2)c(Cl)n[nH]1. The van der Waals surface area contributed by atoms with Crippen LogP contribution in [0.1, 0.15) is 12.8 Å². The Balaban J connectivity index is 1.62. The maximum absolute atomic E-state index is 11.4. The first-order valence-electron chi connectivity index (χ1n) is 6.90. The molecule has 3 rings (SSSR count). The van der Waals surface area contributed by atoms with Crippen LogP contribution in [0.25, 0.3) is 0 Å². The average molecular weight is 306 g/mol. The van der Waals surface area contributed by atoms with Gasteiger partial charge in [-0.15, -0.1) is 0 Å². The van der Waals surface area contributed by atoms with E-state index in [-0.39, 0.29) is 5.56 Å². The molecular weight excluding hydrogens is 290 g/mol. The maximum Gasteiger partial charge on any atom is 0.266 e. The van der Waals surface area contributed by atoms with Crippen LogP contribution >= 0.6 is 11.6 Å². The fourth-order valence-corrected chi connectivity index (χ4v) is 2.74. The highest BCUT2D eigenvalue weighted by Crippen LogP contribution is 2.25. The van der Waals surface area contributed by atoms with Crippen molar-refractivity contribution < 1.29 is 0 Å². The molecule has 0 aliphatic carbocycles. The summed E-state index contributed by atoms with van der Waals surface area (Å²) >= 11 is 6.05. The molecule has 0 radical (unpaired) electrons. The van der Waals surface area contributed by atoms with Gasteiger partial charge in [-0.2, -0.15) is 5.10 Å². The number of H-pyrrole nitrogens is 1. The van der Waals surface area contributed by atoms with Crippen molar-refractivity contribution in [3.05, 3.63) is 46.0 Å². The van der Waals surface area contributed by atoms with E-state index >= 15 is 0 Å². The lowest BCUT2D eigenvalue weighted by atomic mass is 10.0. The molecule has 0 aromatic carbocycles. The highest BCUT2D eigenvalue weighted by atomic mass is 35.5. The summed E-state index contributed by atoms with van der Waals surface area (Å²) in [6, 6.07) is 7.71. The highest BCUT2D eigenvalue weighted by Gasteiger charge is 2.21. The largest absolute Gasteiger partial charge is 0.369 e. The molecule has 3 heterocycles. The van der Waals surface area contributed by atoms with Gasteiger partial charge in [0.2, 0.25) is 0 Å². The van der Waals surface area contributed by atoms with Gasteiger partial charge in [-0.25, -0.2) is 10.1 Å². The molecule has 6 nitrogen and oxygen atoms in total. The van der Waals surface area contributed by atoms with Gasteiger partial charge < -0.3 is 10.2 Å². The normalized spacial score (nSPS) is 16.0. The molecule has 1 saturated heterocycles. The lowest BCUT2D eigenvalue weighted by Gasteiger charge is -2.34. The fraction of sp³-hybridized carbons (Fsp3) is 0.357. The number of nitrogens with one attached hydrogen (secondary N) is 2. The molecule has 0 bridgehead atoms. The molecule has 7 heteroatoms. The number of aromatic nitrogens is 3. The number of pyridine rings is 1. The fourth-order valence-electron chi connectivity index (χ4n) is 2.52. The van der Waals surface area contributed by atoms with Gasteiger partial charge in [0, 0.05) is 31.4 Å². The van der Waals surface area contributed by atoms with E-state index in [9.17, 15) is 4.79 Å². The van der Waals surface area contributed by atoms with Gasteiger partial charge in [0.05, 0.1) is 5.69 Å². The zero-order chi connectivity index (χ0) is 14.7. The van der Waals surface area contributed by atoms with E-state index in [2.05, 4.69) is 25.4 Å². The zero-order valence-electron chi connectivity index (χ0n) is 11.4. The molecule has 0 amide bonds. The maximum atomic E-state index is 11.4. The number of nitrogens with zero attached hydrogens (tertiary/aromatic N) is 3. The summed E-state index contributed by atoms with van der Waals surface area (Å²) in [7, 11) is 0. The van der Waals surface area contributed by atoms with Gasteiger partial charge >= 0.3 is 0 Å². The van der Waals surface area contributed by atoms with Crippen LogP contribution in [0, 0.1) is 0 Å². The van der Waals surface area contributed by atoms with Crippen molar-refractivity contribution in [2.45, 2.75) is 18.9 Å². The molecule has 2 aromatic rings. The minimum atomic E-state index is -0.233. The molecule has 0 spiro atoms. The van der Waals surface area contributed by atoms with Crippen LogP contribution in [0.3, 0.4) is 0 Å². The number of anilines is 2. The molecule has 2 aromatic heterocycles. The van der Waals surface area contributed by atoms with Crippen molar-refractivity contribution in [2.75, 3.05) is 23.3 Å². The Morgan fingerprint density at radius 3 is 2.86 bits per heavy atom. The first-order valence-corrected chi connectivity index (χ1v) is 7.28. The molecule has 2 N–H and O–H groups in total. The topological polar surface area (TPSA) is 73.9 Å². The molecule has 1 fully saturated rings. The number of halogens is 1.